The normalized spacial score (nSPS) is 11.2. The Bertz CT molecular complexity index is 2230. The number of hydrogen-bond donors (Lipinski definition) is 6. The van der Waals surface area contributed by atoms with E-state index in [1.807, 2.05) is 12.1 Å². The quantitative estimate of drug-likeness (QED) is 0.0335. The summed E-state index contributed by atoms with van der Waals surface area (Å²) in [5, 5.41) is 18.1. The van der Waals surface area contributed by atoms with Crippen molar-refractivity contribution in [3.63, 3.8) is 0 Å². The first-order chi connectivity index (χ1) is 27.5. The topological polar surface area (TPSA) is 100 Å². The van der Waals surface area contributed by atoms with E-state index in [-0.39, 0.29) is 0 Å². The molecule has 0 aliphatic heterocycles. The maximum atomic E-state index is 7.47. The van der Waals surface area contributed by atoms with Crippen molar-refractivity contribution in [1.29, 1.82) is 0 Å². The predicted molar refractivity (Wildman–Crippen MR) is 247 cm³/mol. The number of hydrogen-bond acceptors (Lipinski definition) is 6. The van der Waals surface area contributed by atoms with Crippen LogP contribution in [0.4, 0.5) is 34.1 Å². The number of anilines is 6. The lowest BCUT2D eigenvalue weighted by Gasteiger charge is -2.27. The van der Waals surface area contributed by atoms with E-state index >= 15 is 0 Å². The molecule has 0 aliphatic rings. The molecule has 286 valence electrons. The number of fused-ring (bicyclic) bond motifs is 2. The standard InChI is InChI=1S/C50H56N6/c1-5-29-53-37-21-13-33(14-22-37)43-44(34-15-23-38(24-16-34)54-30-6-2)46(36-19-27-40(28-20-36)56-32-8-4)48-47(49(51)41-11-9-10-12-42(41)50(48)52)45(43)35-17-25-39(26-18-35)55-31-7-3/h9-28,53-56H,5-8,29-32,51-52H2,1-4H3. The first kappa shape index (κ1) is 38.1. The molecule has 7 aromatic carbocycles. The molecule has 0 saturated carbocycles. The summed E-state index contributed by atoms with van der Waals surface area (Å²) in [6.45, 7) is 12.4. The molecule has 6 nitrogen and oxygen atoms in total. The van der Waals surface area contributed by atoms with Crippen LogP contribution >= 0.6 is 0 Å². The predicted octanol–water partition coefficient (Wildman–Crippen LogP) is 13.1. The molecule has 0 unspecified atom stereocenters. The number of nitrogen functional groups attached to an aromatic ring is 2. The molecule has 0 amide bonds. The van der Waals surface area contributed by atoms with Crippen LogP contribution in [0, 0.1) is 0 Å². The van der Waals surface area contributed by atoms with E-state index in [1.54, 1.807) is 0 Å². The molecule has 8 N–H and O–H groups in total. The van der Waals surface area contributed by atoms with Gasteiger partial charge in [0.15, 0.2) is 0 Å². The molecule has 7 rings (SSSR count). The van der Waals surface area contributed by atoms with Crippen molar-refractivity contribution >= 4 is 55.7 Å². The Morgan fingerprint density at radius 1 is 0.339 bits per heavy atom. The molecule has 56 heavy (non-hydrogen) atoms. The highest BCUT2D eigenvalue weighted by Crippen LogP contribution is 2.55. The third-order valence-corrected chi connectivity index (χ3v) is 10.6. The van der Waals surface area contributed by atoms with Gasteiger partial charge in [0, 0.05) is 93.0 Å². The zero-order chi connectivity index (χ0) is 39.0. The highest BCUT2D eigenvalue weighted by atomic mass is 14.9. The second-order valence-corrected chi connectivity index (χ2v) is 14.6. The summed E-state index contributed by atoms with van der Waals surface area (Å²) in [7, 11) is 0. The molecular formula is C50H56N6. The third kappa shape index (κ3) is 7.70. The van der Waals surface area contributed by atoms with Gasteiger partial charge >= 0.3 is 0 Å². The molecule has 7 aromatic rings. The van der Waals surface area contributed by atoms with E-state index in [0.29, 0.717) is 0 Å². The van der Waals surface area contributed by atoms with Crippen molar-refractivity contribution in [3.05, 3.63) is 121 Å². The lowest BCUT2D eigenvalue weighted by atomic mass is 9.77. The molecule has 0 atom stereocenters. The molecule has 0 bridgehead atoms. The van der Waals surface area contributed by atoms with Gasteiger partial charge in [0.25, 0.3) is 0 Å². The monoisotopic (exact) mass is 740 g/mol. The van der Waals surface area contributed by atoms with Gasteiger partial charge in [-0.05, 0) is 108 Å². The minimum absolute atomic E-state index is 0.726. The van der Waals surface area contributed by atoms with Gasteiger partial charge in [-0.15, -0.1) is 0 Å². The Hall–Kier alpha value is -6.14. The fourth-order valence-electron chi connectivity index (χ4n) is 7.76. The van der Waals surface area contributed by atoms with Gasteiger partial charge in [0.05, 0.1) is 0 Å². The van der Waals surface area contributed by atoms with Crippen LogP contribution < -0.4 is 32.7 Å². The van der Waals surface area contributed by atoms with Crippen LogP contribution in [0.15, 0.2) is 121 Å². The minimum atomic E-state index is 0.726. The molecule has 0 spiro atoms. The van der Waals surface area contributed by atoms with Crippen LogP contribution in [0.2, 0.25) is 0 Å². The molecule has 0 fully saturated rings. The molecule has 0 radical (unpaired) electrons. The highest BCUT2D eigenvalue weighted by Gasteiger charge is 2.28. The first-order valence-corrected chi connectivity index (χ1v) is 20.4. The lowest BCUT2D eigenvalue weighted by molar-refractivity contribution is 0.980. The van der Waals surface area contributed by atoms with Crippen molar-refractivity contribution in [2.24, 2.45) is 0 Å². The Labute approximate surface area is 332 Å². The SMILES string of the molecule is CCCNc1ccc(-c2c(-c3ccc(NCCC)cc3)c(-c3ccc(NCCC)cc3)c3c(N)c4ccccc4c(N)c3c2-c2ccc(NCCC)cc2)cc1. The summed E-state index contributed by atoms with van der Waals surface area (Å²) in [6.07, 6.45) is 4.21. The Morgan fingerprint density at radius 2 is 0.589 bits per heavy atom. The van der Waals surface area contributed by atoms with Gasteiger partial charge in [-0.2, -0.15) is 0 Å². The average molecular weight is 741 g/mol. The fraction of sp³-hybridized carbons (Fsp3) is 0.240. The zero-order valence-corrected chi connectivity index (χ0v) is 33.4. The van der Waals surface area contributed by atoms with E-state index in [9.17, 15) is 0 Å². The Balaban J connectivity index is 1.66. The van der Waals surface area contributed by atoms with Crippen LogP contribution in [0.25, 0.3) is 66.1 Å². The van der Waals surface area contributed by atoms with Crippen molar-refractivity contribution in [3.8, 4) is 44.5 Å². The zero-order valence-electron chi connectivity index (χ0n) is 33.4. The molecule has 0 heterocycles. The van der Waals surface area contributed by atoms with Gasteiger partial charge < -0.3 is 32.7 Å². The Kier molecular flexibility index (Phi) is 12.0. The summed E-state index contributed by atoms with van der Waals surface area (Å²) in [5.41, 5.74) is 29.5. The molecule has 6 heteroatoms. The molecular weight excluding hydrogens is 685 g/mol. The van der Waals surface area contributed by atoms with Crippen molar-refractivity contribution in [1.82, 2.24) is 0 Å². The van der Waals surface area contributed by atoms with Crippen molar-refractivity contribution < 1.29 is 0 Å². The Morgan fingerprint density at radius 3 is 0.839 bits per heavy atom. The van der Waals surface area contributed by atoms with Crippen LogP contribution in [0.5, 0.6) is 0 Å². The van der Waals surface area contributed by atoms with Gasteiger partial charge in [-0.1, -0.05) is 100 Å². The smallest absolute Gasteiger partial charge is 0.0481 e. The maximum absolute atomic E-state index is 7.47. The number of benzene rings is 7. The van der Waals surface area contributed by atoms with Gasteiger partial charge in [-0.25, -0.2) is 0 Å². The summed E-state index contributed by atoms with van der Waals surface area (Å²) in [5.74, 6) is 0. The summed E-state index contributed by atoms with van der Waals surface area (Å²) in [4.78, 5) is 0. The van der Waals surface area contributed by atoms with E-state index in [0.717, 1.165) is 152 Å². The van der Waals surface area contributed by atoms with E-state index in [4.69, 9.17) is 11.5 Å². The maximum Gasteiger partial charge on any atom is 0.0481 e. The number of rotatable bonds is 16. The first-order valence-electron chi connectivity index (χ1n) is 20.4. The summed E-state index contributed by atoms with van der Waals surface area (Å²) >= 11 is 0. The van der Waals surface area contributed by atoms with Gasteiger partial charge in [0.2, 0.25) is 0 Å². The fourth-order valence-corrected chi connectivity index (χ4v) is 7.76. The minimum Gasteiger partial charge on any atom is -0.398 e. The molecule has 0 aromatic heterocycles. The van der Waals surface area contributed by atoms with E-state index in [2.05, 4.69) is 158 Å². The van der Waals surface area contributed by atoms with E-state index < -0.39 is 0 Å². The van der Waals surface area contributed by atoms with Gasteiger partial charge in [-0.3, -0.25) is 0 Å². The second-order valence-electron chi connectivity index (χ2n) is 14.6. The van der Waals surface area contributed by atoms with E-state index in [1.165, 1.54) is 0 Å². The lowest BCUT2D eigenvalue weighted by Crippen LogP contribution is -2.04. The summed E-state index contributed by atoms with van der Waals surface area (Å²) < 4.78 is 0. The van der Waals surface area contributed by atoms with Crippen molar-refractivity contribution in [2.45, 2.75) is 53.4 Å². The number of nitrogens with one attached hydrogen (secondary N) is 4. The van der Waals surface area contributed by atoms with Crippen LogP contribution in [0.1, 0.15) is 53.4 Å². The van der Waals surface area contributed by atoms with Crippen LogP contribution in [-0.4, -0.2) is 26.2 Å². The third-order valence-electron chi connectivity index (χ3n) is 10.6. The molecule has 0 saturated heterocycles. The summed E-state index contributed by atoms with van der Waals surface area (Å²) in [6, 6.07) is 43.7. The largest absolute Gasteiger partial charge is 0.398 e. The average Bonchev–Trinajstić information content (AvgIpc) is 3.25. The second kappa shape index (κ2) is 17.5. The molecule has 0 aliphatic carbocycles. The van der Waals surface area contributed by atoms with Gasteiger partial charge in [0.1, 0.15) is 0 Å². The van der Waals surface area contributed by atoms with Crippen molar-refractivity contribution in [2.75, 3.05) is 58.9 Å². The highest BCUT2D eigenvalue weighted by molar-refractivity contribution is 6.30. The van der Waals surface area contributed by atoms with Crippen LogP contribution in [0.3, 0.4) is 0 Å². The number of nitrogens with two attached hydrogens (primary N) is 2. The van der Waals surface area contributed by atoms with Crippen LogP contribution in [-0.2, 0) is 0 Å².